The van der Waals surface area contributed by atoms with Crippen molar-refractivity contribution in [2.75, 3.05) is 19.4 Å². The maximum absolute atomic E-state index is 11.9. The van der Waals surface area contributed by atoms with Gasteiger partial charge in [0.15, 0.2) is 0 Å². The molecule has 1 amide bonds. The Labute approximate surface area is 134 Å². The summed E-state index contributed by atoms with van der Waals surface area (Å²) < 4.78 is 0. The van der Waals surface area contributed by atoms with Gasteiger partial charge in [-0.05, 0) is 35.9 Å². The zero-order valence-electron chi connectivity index (χ0n) is 11.9. The molecule has 5 heteroatoms. The molecule has 3 nitrogen and oxygen atoms in total. The molecule has 0 aliphatic heterocycles. The Morgan fingerprint density at radius 2 is 1.90 bits per heavy atom. The van der Waals surface area contributed by atoms with E-state index < -0.39 is 0 Å². The molecule has 0 bridgehead atoms. The molecule has 0 spiro atoms. The molecular weight excluding hydrogens is 307 g/mol. The first kappa shape index (κ1) is 15.7. The number of nitrogens with zero attached hydrogens (tertiary/aromatic N) is 1. The molecule has 0 saturated carbocycles. The van der Waals surface area contributed by atoms with Crippen LogP contribution in [0.15, 0.2) is 42.5 Å². The van der Waals surface area contributed by atoms with Crippen molar-refractivity contribution in [1.29, 1.82) is 0 Å². The van der Waals surface area contributed by atoms with Gasteiger partial charge in [0, 0.05) is 41.9 Å². The first-order chi connectivity index (χ1) is 9.97. The number of amides is 1. The minimum Gasteiger partial charge on any atom is -0.381 e. The summed E-state index contributed by atoms with van der Waals surface area (Å²) in [6, 6.07) is 12.8. The second-order valence-electron chi connectivity index (χ2n) is 4.87. The van der Waals surface area contributed by atoms with Gasteiger partial charge in [-0.2, -0.15) is 0 Å². The Kier molecular flexibility index (Phi) is 5.10. The number of hydrogen-bond acceptors (Lipinski definition) is 2. The summed E-state index contributed by atoms with van der Waals surface area (Å²) in [6.45, 7) is 0.565. The minimum absolute atomic E-state index is 0.0248. The van der Waals surface area contributed by atoms with Gasteiger partial charge < -0.3 is 10.2 Å². The maximum Gasteiger partial charge on any atom is 0.253 e. The first-order valence-electron chi connectivity index (χ1n) is 6.47. The lowest BCUT2D eigenvalue weighted by Gasteiger charge is -2.12. The van der Waals surface area contributed by atoms with Crippen LogP contribution in [-0.2, 0) is 6.54 Å². The van der Waals surface area contributed by atoms with Gasteiger partial charge in [0.1, 0.15) is 0 Å². The standard InChI is InChI=1S/C16H16Cl2N2O/c1-20(2)16(21)11-4-3-5-14(8-11)19-10-12-6-7-13(17)9-15(12)18/h3-9,19H,10H2,1-2H3. The van der Waals surface area contributed by atoms with Gasteiger partial charge in [-0.3, -0.25) is 4.79 Å². The first-order valence-corrected chi connectivity index (χ1v) is 7.22. The van der Waals surface area contributed by atoms with E-state index in [1.807, 2.05) is 24.3 Å². The second kappa shape index (κ2) is 6.83. The van der Waals surface area contributed by atoms with E-state index >= 15 is 0 Å². The number of rotatable bonds is 4. The van der Waals surface area contributed by atoms with Crippen molar-refractivity contribution in [3.05, 3.63) is 63.6 Å². The molecule has 0 aromatic heterocycles. The fourth-order valence-electron chi connectivity index (χ4n) is 1.88. The Bertz CT molecular complexity index is 656. The monoisotopic (exact) mass is 322 g/mol. The van der Waals surface area contributed by atoms with Crippen molar-refractivity contribution in [2.45, 2.75) is 6.54 Å². The molecule has 0 unspecified atom stereocenters. The Hall–Kier alpha value is -1.71. The van der Waals surface area contributed by atoms with Gasteiger partial charge in [0.2, 0.25) is 0 Å². The van der Waals surface area contributed by atoms with Crippen molar-refractivity contribution < 1.29 is 4.79 Å². The highest BCUT2D eigenvalue weighted by atomic mass is 35.5. The average molecular weight is 323 g/mol. The molecule has 2 aromatic rings. The summed E-state index contributed by atoms with van der Waals surface area (Å²) >= 11 is 12.0. The highest BCUT2D eigenvalue weighted by Crippen LogP contribution is 2.22. The fraction of sp³-hybridized carbons (Fsp3) is 0.188. The third-order valence-corrected chi connectivity index (χ3v) is 3.60. The van der Waals surface area contributed by atoms with E-state index in [4.69, 9.17) is 23.2 Å². The van der Waals surface area contributed by atoms with Crippen LogP contribution in [0.3, 0.4) is 0 Å². The molecule has 2 rings (SSSR count). The lowest BCUT2D eigenvalue weighted by Crippen LogP contribution is -2.21. The minimum atomic E-state index is -0.0248. The highest BCUT2D eigenvalue weighted by molar-refractivity contribution is 6.35. The summed E-state index contributed by atoms with van der Waals surface area (Å²) in [5.41, 5.74) is 2.46. The SMILES string of the molecule is CN(C)C(=O)c1cccc(NCc2ccc(Cl)cc2Cl)c1. The summed E-state index contributed by atoms with van der Waals surface area (Å²) in [4.78, 5) is 13.5. The number of carbonyl (C=O) groups is 1. The van der Waals surface area contributed by atoms with E-state index in [1.54, 1.807) is 37.2 Å². The zero-order chi connectivity index (χ0) is 15.4. The van der Waals surface area contributed by atoms with Gasteiger partial charge in [-0.15, -0.1) is 0 Å². The van der Waals surface area contributed by atoms with E-state index in [-0.39, 0.29) is 5.91 Å². The van der Waals surface area contributed by atoms with E-state index in [1.165, 1.54) is 0 Å². The normalized spacial score (nSPS) is 10.3. The lowest BCUT2D eigenvalue weighted by atomic mass is 10.1. The van der Waals surface area contributed by atoms with Gasteiger partial charge in [-0.25, -0.2) is 0 Å². The molecule has 0 heterocycles. The smallest absolute Gasteiger partial charge is 0.253 e. The Morgan fingerprint density at radius 3 is 2.57 bits per heavy atom. The summed E-state index contributed by atoms with van der Waals surface area (Å²) in [6.07, 6.45) is 0. The van der Waals surface area contributed by atoms with Crippen LogP contribution in [0.5, 0.6) is 0 Å². The fourth-order valence-corrected chi connectivity index (χ4v) is 2.36. The summed E-state index contributed by atoms with van der Waals surface area (Å²) in [5.74, 6) is -0.0248. The molecular formula is C16H16Cl2N2O. The third-order valence-electron chi connectivity index (χ3n) is 3.01. The predicted molar refractivity (Wildman–Crippen MR) is 88.2 cm³/mol. The van der Waals surface area contributed by atoms with Crippen LogP contribution < -0.4 is 5.32 Å². The van der Waals surface area contributed by atoms with E-state index in [0.717, 1.165) is 11.3 Å². The van der Waals surface area contributed by atoms with Crippen LogP contribution in [0.1, 0.15) is 15.9 Å². The highest BCUT2D eigenvalue weighted by Gasteiger charge is 2.08. The maximum atomic E-state index is 11.9. The molecule has 0 fully saturated rings. The number of anilines is 1. The summed E-state index contributed by atoms with van der Waals surface area (Å²) in [5, 5.41) is 4.49. The molecule has 0 saturated heterocycles. The third kappa shape index (κ3) is 4.13. The van der Waals surface area contributed by atoms with Crippen molar-refractivity contribution in [1.82, 2.24) is 4.90 Å². The second-order valence-corrected chi connectivity index (χ2v) is 5.71. The van der Waals surface area contributed by atoms with E-state index in [9.17, 15) is 4.79 Å². The molecule has 0 atom stereocenters. The zero-order valence-corrected chi connectivity index (χ0v) is 13.4. The van der Waals surface area contributed by atoms with Crippen LogP contribution in [-0.4, -0.2) is 24.9 Å². The summed E-state index contributed by atoms with van der Waals surface area (Å²) in [7, 11) is 3.46. The van der Waals surface area contributed by atoms with Crippen LogP contribution >= 0.6 is 23.2 Å². The number of halogens is 2. The number of carbonyl (C=O) groups excluding carboxylic acids is 1. The number of nitrogens with one attached hydrogen (secondary N) is 1. The molecule has 2 aromatic carbocycles. The topological polar surface area (TPSA) is 32.3 Å². The Balaban J connectivity index is 2.10. The Morgan fingerprint density at radius 1 is 1.14 bits per heavy atom. The molecule has 0 aliphatic rings. The average Bonchev–Trinajstić information content (AvgIpc) is 2.45. The van der Waals surface area contributed by atoms with E-state index in [2.05, 4.69) is 5.32 Å². The van der Waals surface area contributed by atoms with Gasteiger partial charge >= 0.3 is 0 Å². The van der Waals surface area contributed by atoms with Gasteiger partial charge in [0.25, 0.3) is 5.91 Å². The molecule has 0 radical (unpaired) electrons. The van der Waals surface area contributed by atoms with E-state index in [0.29, 0.717) is 22.2 Å². The molecule has 0 aliphatic carbocycles. The van der Waals surface area contributed by atoms with Crippen LogP contribution in [0, 0.1) is 0 Å². The predicted octanol–water partition coefficient (Wildman–Crippen LogP) is 4.31. The van der Waals surface area contributed by atoms with Crippen molar-refractivity contribution in [3.63, 3.8) is 0 Å². The number of benzene rings is 2. The van der Waals surface area contributed by atoms with Crippen molar-refractivity contribution in [2.24, 2.45) is 0 Å². The van der Waals surface area contributed by atoms with Crippen LogP contribution in [0.4, 0.5) is 5.69 Å². The van der Waals surface area contributed by atoms with Crippen LogP contribution in [0.2, 0.25) is 10.0 Å². The van der Waals surface area contributed by atoms with Gasteiger partial charge in [0.05, 0.1) is 0 Å². The van der Waals surface area contributed by atoms with Crippen molar-refractivity contribution in [3.8, 4) is 0 Å². The quantitative estimate of drug-likeness (QED) is 0.909. The van der Waals surface area contributed by atoms with Crippen LogP contribution in [0.25, 0.3) is 0 Å². The lowest BCUT2D eigenvalue weighted by molar-refractivity contribution is 0.0827. The number of hydrogen-bond donors (Lipinski definition) is 1. The van der Waals surface area contributed by atoms with Crippen molar-refractivity contribution >= 4 is 34.8 Å². The largest absolute Gasteiger partial charge is 0.381 e. The molecule has 1 N–H and O–H groups in total. The van der Waals surface area contributed by atoms with Gasteiger partial charge in [-0.1, -0.05) is 35.3 Å². The molecule has 110 valence electrons. The molecule has 21 heavy (non-hydrogen) atoms.